The van der Waals surface area contributed by atoms with Crippen LogP contribution in [0.15, 0.2) is 24.3 Å². The first-order valence-electron chi connectivity index (χ1n) is 5.28. The summed E-state index contributed by atoms with van der Waals surface area (Å²) in [5, 5.41) is 2.58. The number of hydrogen-bond donors (Lipinski definition) is 1. The Balaban J connectivity index is 2.44. The summed E-state index contributed by atoms with van der Waals surface area (Å²) in [6.07, 6.45) is 0.309. The van der Waals surface area contributed by atoms with E-state index in [0.29, 0.717) is 12.3 Å². The summed E-state index contributed by atoms with van der Waals surface area (Å²) in [5.41, 5.74) is 1.45. The second kappa shape index (κ2) is 7.27. The molecule has 0 fully saturated rings. The van der Waals surface area contributed by atoms with Gasteiger partial charge in [0.05, 0.1) is 6.61 Å². The minimum absolute atomic E-state index is 0.171. The minimum atomic E-state index is -0.475. The average Bonchev–Trinajstić information content (AvgIpc) is 2.35. The van der Waals surface area contributed by atoms with Crippen LogP contribution in [0.5, 0.6) is 0 Å². The van der Waals surface area contributed by atoms with E-state index < -0.39 is 6.09 Å². The number of carbonyl (C=O) groups excluding carboxylic acids is 2. The Kier molecular flexibility index (Phi) is 5.57. The molecule has 0 aliphatic heterocycles. The highest BCUT2D eigenvalue weighted by atomic mass is 16.5. The Labute approximate surface area is 99.7 Å². The highest BCUT2D eigenvalue weighted by Crippen LogP contribution is 2.10. The average molecular weight is 236 g/mol. The standard InChI is InChI=1S/C12H14NO4/c1-2-7-17-12(15)13-11-5-3-10(4-6-11)8-16-9-14/h3-6H,2,7-8H2,1H3,(H,13,15). The van der Waals surface area contributed by atoms with Gasteiger partial charge in [-0.1, -0.05) is 19.1 Å². The second-order valence-corrected chi connectivity index (χ2v) is 3.33. The summed E-state index contributed by atoms with van der Waals surface area (Å²) in [7, 11) is 0. The predicted molar refractivity (Wildman–Crippen MR) is 62.2 cm³/mol. The third-order valence-electron chi connectivity index (χ3n) is 1.94. The molecule has 0 heterocycles. The van der Waals surface area contributed by atoms with E-state index in [1.165, 1.54) is 6.47 Å². The molecule has 1 radical (unpaired) electrons. The molecule has 0 saturated carbocycles. The third kappa shape index (κ3) is 5.01. The number of ether oxygens (including phenoxy) is 2. The van der Waals surface area contributed by atoms with Crippen LogP contribution in [0.25, 0.3) is 0 Å². The second-order valence-electron chi connectivity index (χ2n) is 3.33. The number of nitrogens with one attached hydrogen (secondary N) is 1. The van der Waals surface area contributed by atoms with Gasteiger partial charge in [-0.3, -0.25) is 5.32 Å². The lowest BCUT2D eigenvalue weighted by Gasteiger charge is -2.06. The van der Waals surface area contributed by atoms with E-state index in [1.54, 1.807) is 24.3 Å². The largest absolute Gasteiger partial charge is 0.452 e. The molecule has 5 heteroatoms. The Morgan fingerprint density at radius 1 is 1.35 bits per heavy atom. The molecule has 1 rings (SSSR count). The summed E-state index contributed by atoms with van der Waals surface area (Å²) in [6, 6.07) is 6.90. The highest BCUT2D eigenvalue weighted by Gasteiger charge is 2.02. The van der Waals surface area contributed by atoms with Crippen LogP contribution in [0.1, 0.15) is 18.9 Å². The van der Waals surface area contributed by atoms with Crippen LogP contribution in [0.4, 0.5) is 10.5 Å². The summed E-state index contributed by atoms with van der Waals surface area (Å²) in [6.45, 7) is 3.84. The zero-order valence-electron chi connectivity index (χ0n) is 9.56. The molecule has 0 atom stereocenters. The first kappa shape index (κ1) is 13.0. The maximum absolute atomic E-state index is 11.2. The van der Waals surface area contributed by atoms with E-state index in [-0.39, 0.29) is 6.61 Å². The van der Waals surface area contributed by atoms with Gasteiger partial charge < -0.3 is 9.47 Å². The zero-order valence-corrected chi connectivity index (χ0v) is 9.56. The van der Waals surface area contributed by atoms with Crippen LogP contribution in [-0.4, -0.2) is 19.2 Å². The summed E-state index contributed by atoms with van der Waals surface area (Å²) in [5.74, 6) is 0. The highest BCUT2D eigenvalue weighted by molar-refractivity contribution is 5.84. The number of hydrogen-bond acceptors (Lipinski definition) is 4. The smallest absolute Gasteiger partial charge is 0.417 e. The molecule has 17 heavy (non-hydrogen) atoms. The summed E-state index contributed by atoms with van der Waals surface area (Å²) >= 11 is 0. The SMILES string of the molecule is CCCOC(=O)Nc1ccc(CO[C]=O)cc1. The van der Waals surface area contributed by atoms with Crippen molar-refractivity contribution in [3.8, 4) is 0 Å². The molecule has 0 bridgehead atoms. The lowest BCUT2D eigenvalue weighted by atomic mass is 10.2. The molecule has 0 aliphatic rings. The first-order valence-corrected chi connectivity index (χ1v) is 5.28. The molecular weight excluding hydrogens is 222 g/mol. The molecule has 1 aromatic rings. The number of rotatable bonds is 6. The van der Waals surface area contributed by atoms with Gasteiger partial charge in [-0.05, 0) is 24.1 Å². The molecule has 0 spiro atoms. The van der Waals surface area contributed by atoms with Crippen molar-refractivity contribution in [1.29, 1.82) is 0 Å². The lowest BCUT2D eigenvalue weighted by molar-refractivity contribution is 0.161. The van der Waals surface area contributed by atoms with Crippen LogP contribution < -0.4 is 5.32 Å². The van der Waals surface area contributed by atoms with Crippen molar-refractivity contribution < 1.29 is 19.1 Å². The fourth-order valence-electron chi connectivity index (χ4n) is 1.15. The van der Waals surface area contributed by atoms with Gasteiger partial charge in [0.25, 0.3) is 0 Å². The molecule has 91 valence electrons. The third-order valence-corrected chi connectivity index (χ3v) is 1.94. The van der Waals surface area contributed by atoms with Gasteiger partial charge in [-0.25, -0.2) is 9.59 Å². The molecule has 0 aromatic heterocycles. The van der Waals surface area contributed by atoms with E-state index in [2.05, 4.69) is 10.1 Å². The zero-order chi connectivity index (χ0) is 12.5. The molecular formula is C12H14NO4. The quantitative estimate of drug-likeness (QED) is 0.822. The minimum Gasteiger partial charge on any atom is -0.452 e. The van der Waals surface area contributed by atoms with Crippen molar-refractivity contribution >= 4 is 18.3 Å². The van der Waals surface area contributed by atoms with Crippen LogP contribution in [0, 0.1) is 0 Å². The lowest BCUT2D eigenvalue weighted by Crippen LogP contribution is -2.13. The van der Waals surface area contributed by atoms with Crippen molar-refractivity contribution in [2.45, 2.75) is 20.0 Å². The Bertz CT molecular complexity index is 361. The molecule has 1 aromatic carbocycles. The van der Waals surface area contributed by atoms with E-state index in [1.807, 2.05) is 6.92 Å². The Hall–Kier alpha value is -2.04. The van der Waals surface area contributed by atoms with Gasteiger partial charge >= 0.3 is 12.6 Å². The van der Waals surface area contributed by atoms with Gasteiger partial charge in [0.2, 0.25) is 0 Å². The van der Waals surface area contributed by atoms with Gasteiger partial charge in [0.1, 0.15) is 6.61 Å². The van der Waals surface area contributed by atoms with Crippen molar-refractivity contribution in [3.63, 3.8) is 0 Å². The van der Waals surface area contributed by atoms with E-state index in [4.69, 9.17) is 4.74 Å². The van der Waals surface area contributed by atoms with Crippen molar-refractivity contribution in [2.75, 3.05) is 11.9 Å². The number of anilines is 1. The first-order chi connectivity index (χ1) is 8.26. The molecule has 1 N–H and O–H groups in total. The van der Waals surface area contributed by atoms with Crippen molar-refractivity contribution in [3.05, 3.63) is 29.8 Å². The molecule has 0 aliphatic carbocycles. The molecule has 0 unspecified atom stereocenters. The van der Waals surface area contributed by atoms with Crippen molar-refractivity contribution in [2.24, 2.45) is 0 Å². The normalized spacial score (nSPS) is 9.47. The fourth-order valence-corrected chi connectivity index (χ4v) is 1.15. The van der Waals surface area contributed by atoms with Gasteiger partial charge in [0.15, 0.2) is 0 Å². The molecule has 1 amide bonds. The van der Waals surface area contributed by atoms with Crippen LogP contribution in [0.3, 0.4) is 0 Å². The molecule has 5 nitrogen and oxygen atoms in total. The fraction of sp³-hybridized carbons (Fsp3) is 0.333. The van der Waals surface area contributed by atoms with E-state index in [0.717, 1.165) is 12.0 Å². The predicted octanol–water partition coefficient (Wildman–Crippen LogP) is 2.23. The van der Waals surface area contributed by atoms with Gasteiger partial charge in [-0.2, -0.15) is 0 Å². The van der Waals surface area contributed by atoms with E-state index in [9.17, 15) is 9.59 Å². The Morgan fingerprint density at radius 2 is 2.06 bits per heavy atom. The molecule has 0 saturated heterocycles. The van der Waals surface area contributed by atoms with Crippen molar-refractivity contribution in [1.82, 2.24) is 0 Å². The van der Waals surface area contributed by atoms with Crippen LogP contribution >= 0.6 is 0 Å². The van der Waals surface area contributed by atoms with Crippen LogP contribution in [-0.2, 0) is 20.9 Å². The maximum Gasteiger partial charge on any atom is 0.417 e. The Morgan fingerprint density at radius 3 is 2.65 bits per heavy atom. The van der Waals surface area contributed by atoms with Gasteiger partial charge in [-0.15, -0.1) is 0 Å². The number of benzene rings is 1. The summed E-state index contributed by atoms with van der Waals surface area (Å²) < 4.78 is 9.34. The van der Waals surface area contributed by atoms with E-state index >= 15 is 0 Å². The topological polar surface area (TPSA) is 64.6 Å². The van der Waals surface area contributed by atoms with Gasteiger partial charge in [0, 0.05) is 5.69 Å². The van der Waals surface area contributed by atoms with Crippen LogP contribution in [0.2, 0.25) is 0 Å². The number of carbonyl (C=O) groups is 1. The number of amides is 1. The monoisotopic (exact) mass is 236 g/mol. The maximum atomic E-state index is 11.2. The summed E-state index contributed by atoms with van der Waals surface area (Å²) in [4.78, 5) is 21.1.